The highest BCUT2D eigenvalue weighted by molar-refractivity contribution is 9.11. The van der Waals surface area contributed by atoms with Crippen molar-refractivity contribution in [3.05, 3.63) is 11.1 Å². The molecule has 0 spiro atoms. The highest BCUT2D eigenvalue weighted by Gasteiger charge is 2.08. The number of unbranched alkanes of at least 4 members (excludes halogenated alkanes) is 1. The second-order valence-electron chi connectivity index (χ2n) is 3.06. The Morgan fingerprint density at radius 3 is 2.69 bits per heavy atom. The lowest BCUT2D eigenvalue weighted by Crippen LogP contribution is -2.14. The maximum atomic E-state index is 5.49. The molecule has 0 radical (unpaired) electrons. The van der Waals surface area contributed by atoms with Gasteiger partial charge >= 0.3 is 0 Å². The molecule has 0 aromatic heterocycles. The zero-order valence-electron chi connectivity index (χ0n) is 8.51. The first-order valence-electron chi connectivity index (χ1n) is 4.64. The second kappa shape index (κ2) is 8.73. The third-order valence-corrected chi connectivity index (χ3v) is 2.07. The first kappa shape index (κ1) is 13.1. The van der Waals surface area contributed by atoms with Crippen LogP contribution in [0, 0.1) is 0 Å². The molecule has 0 amide bonds. The summed E-state index contributed by atoms with van der Waals surface area (Å²) >= 11 is 3.34. The van der Waals surface area contributed by atoms with Gasteiger partial charge in [-0.05, 0) is 10.9 Å². The normalized spacial score (nSPS) is 12.8. The molecular weight excluding hydrogens is 232 g/mol. The van der Waals surface area contributed by atoms with Gasteiger partial charge < -0.3 is 9.47 Å². The largest absolute Gasteiger partial charge is 0.359 e. The summed E-state index contributed by atoms with van der Waals surface area (Å²) in [5.74, 6) is 0. The Balaban J connectivity index is 3.66. The molecule has 2 nitrogen and oxygen atoms in total. The van der Waals surface area contributed by atoms with E-state index in [9.17, 15) is 0 Å². The van der Waals surface area contributed by atoms with Crippen LogP contribution in [0.1, 0.15) is 32.6 Å². The number of halogens is 1. The summed E-state index contributed by atoms with van der Waals surface area (Å²) in [6.07, 6.45) is 4.57. The monoisotopic (exact) mass is 250 g/mol. The topological polar surface area (TPSA) is 18.5 Å². The van der Waals surface area contributed by atoms with E-state index in [2.05, 4.69) is 29.4 Å². The maximum absolute atomic E-state index is 5.49. The Bertz CT molecular complexity index is 129. The van der Waals surface area contributed by atoms with Crippen LogP contribution < -0.4 is 0 Å². The third-order valence-electron chi connectivity index (χ3n) is 1.75. The molecule has 3 heteroatoms. The summed E-state index contributed by atoms with van der Waals surface area (Å²) < 4.78 is 11.3. The minimum absolute atomic E-state index is 0.242. The first-order valence-corrected chi connectivity index (χ1v) is 5.43. The molecule has 13 heavy (non-hydrogen) atoms. The number of hydrogen-bond acceptors (Lipinski definition) is 2. The van der Waals surface area contributed by atoms with Gasteiger partial charge in [0.05, 0.1) is 6.10 Å². The van der Waals surface area contributed by atoms with Gasteiger partial charge in [-0.3, -0.25) is 0 Å². The van der Waals surface area contributed by atoms with Crippen molar-refractivity contribution in [1.82, 2.24) is 0 Å². The summed E-state index contributed by atoms with van der Waals surface area (Å²) in [6, 6.07) is 0. The number of hydrogen-bond donors (Lipinski definition) is 0. The molecule has 0 aromatic rings. The Morgan fingerprint density at radius 1 is 1.54 bits per heavy atom. The minimum atomic E-state index is 0.242. The molecule has 0 fully saturated rings. The summed E-state index contributed by atoms with van der Waals surface area (Å²) in [6.45, 7) is 6.35. The lowest BCUT2D eigenvalue weighted by molar-refractivity contribution is -0.0733. The van der Waals surface area contributed by atoms with Crippen LogP contribution in [0.3, 0.4) is 0 Å². The van der Waals surface area contributed by atoms with E-state index in [0.29, 0.717) is 6.79 Å². The van der Waals surface area contributed by atoms with Crippen LogP contribution >= 0.6 is 15.9 Å². The molecule has 0 aliphatic carbocycles. The van der Waals surface area contributed by atoms with Gasteiger partial charge in [0.15, 0.2) is 0 Å². The number of methoxy groups -OCH3 is 1. The highest BCUT2D eigenvalue weighted by Crippen LogP contribution is 2.17. The third kappa shape index (κ3) is 8.47. The fourth-order valence-corrected chi connectivity index (χ4v) is 1.45. The van der Waals surface area contributed by atoms with E-state index >= 15 is 0 Å². The van der Waals surface area contributed by atoms with Gasteiger partial charge in [-0.2, -0.15) is 0 Å². The van der Waals surface area contributed by atoms with E-state index in [4.69, 9.17) is 9.47 Å². The van der Waals surface area contributed by atoms with Crippen LogP contribution in [0.4, 0.5) is 0 Å². The SMILES string of the molecule is C=C(Br)CC(CCCC)OCOC. The fraction of sp³-hybridized carbons (Fsp3) is 0.800. The Kier molecular flexibility index (Phi) is 8.82. The maximum Gasteiger partial charge on any atom is 0.146 e. The first-order chi connectivity index (χ1) is 6.20. The molecular formula is C10H19BrO2. The molecule has 0 saturated heterocycles. The van der Waals surface area contributed by atoms with Crippen LogP contribution in [0.15, 0.2) is 11.1 Å². The smallest absolute Gasteiger partial charge is 0.146 e. The van der Waals surface area contributed by atoms with Gasteiger partial charge in [-0.25, -0.2) is 0 Å². The molecule has 1 atom stereocenters. The van der Waals surface area contributed by atoms with Crippen molar-refractivity contribution in [3.8, 4) is 0 Å². The molecule has 0 N–H and O–H groups in total. The van der Waals surface area contributed by atoms with Crippen molar-refractivity contribution in [3.63, 3.8) is 0 Å². The molecule has 0 saturated carbocycles. The van der Waals surface area contributed by atoms with E-state index < -0.39 is 0 Å². The van der Waals surface area contributed by atoms with Crippen molar-refractivity contribution in [2.45, 2.75) is 38.7 Å². The lowest BCUT2D eigenvalue weighted by Gasteiger charge is -2.16. The van der Waals surface area contributed by atoms with Crippen molar-refractivity contribution in [1.29, 1.82) is 0 Å². The van der Waals surface area contributed by atoms with E-state index in [1.807, 2.05) is 0 Å². The van der Waals surface area contributed by atoms with E-state index in [1.165, 1.54) is 12.8 Å². The van der Waals surface area contributed by atoms with Crippen LogP contribution in [0.5, 0.6) is 0 Å². The molecule has 0 rings (SSSR count). The van der Waals surface area contributed by atoms with Gasteiger partial charge in [-0.15, -0.1) is 0 Å². The predicted octanol–water partition coefficient (Wildman–Crippen LogP) is 3.46. The summed E-state index contributed by atoms with van der Waals surface area (Å²) in [4.78, 5) is 0. The second-order valence-corrected chi connectivity index (χ2v) is 4.18. The number of ether oxygens (including phenoxy) is 2. The van der Waals surface area contributed by atoms with E-state index in [-0.39, 0.29) is 6.10 Å². The zero-order valence-corrected chi connectivity index (χ0v) is 10.1. The quantitative estimate of drug-likeness (QED) is 0.615. The van der Waals surface area contributed by atoms with Gasteiger partial charge in [0.25, 0.3) is 0 Å². The predicted molar refractivity (Wildman–Crippen MR) is 59.0 cm³/mol. The van der Waals surface area contributed by atoms with Gasteiger partial charge in [0.2, 0.25) is 0 Å². The molecule has 0 aromatic carbocycles. The molecule has 0 heterocycles. The van der Waals surface area contributed by atoms with Crippen molar-refractivity contribution < 1.29 is 9.47 Å². The standard InChI is InChI=1S/C10H19BrO2/c1-4-5-6-10(7-9(2)11)13-8-12-3/h10H,2,4-8H2,1,3H3. The average Bonchev–Trinajstić information content (AvgIpc) is 2.09. The zero-order chi connectivity index (χ0) is 10.1. The summed E-state index contributed by atoms with van der Waals surface area (Å²) in [5, 5.41) is 0. The Hall–Kier alpha value is 0.140. The fourth-order valence-electron chi connectivity index (χ4n) is 1.09. The van der Waals surface area contributed by atoms with Crippen LogP contribution in [-0.2, 0) is 9.47 Å². The molecule has 1 unspecified atom stereocenters. The van der Waals surface area contributed by atoms with Crippen molar-refractivity contribution in [2.75, 3.05) is 13.9 Å². The summed E-state index contributed by atoms with van der Waals surface area (Å²) in [5.41, 5.74) is 0. The van der Waals surface area contributed by atoms with Crippen LogP contribution in [0.25, 0.3) is 0 Å². The Labute approximate surface area is 89.4 Å². The molecule has 78 valence electrons. The minimum Gasteiger partial charge on any atom is -0.359 e. The van der Waals surface area contributed by atoms with E-state index in [0.717, 1.165) is 17.3 Å². The van der Waals surface area contributed by atoms with Crippen molar-refractivity contribution >= 4 is 15.9 Å². The van der Waals surface area contributed by atoms with Crippen LogP contribution in [0.2, 0.25) is 0 Å². The molecule has 0 bridgehead atoms. The van der Waals surface area contributed by atoms with E-state index in [1.54, 1.807) is 7.11 Å². The lowest BCUT2D eigenvalue weighted by atomic mass is 10.1. The molecule has 0 aliphatic heterocycles. The highest BCUT2D eigenvalue weighted by atomic mass is 79.9. The average molecular weight is 251 g/mol. The van der Waals surface area contributed by atoms with Gasteiger partial charge in [0.1, 0.15) is 6.79 Å². The van der Waals surface area contributed by atoms with Gasteiger partial charge in [-0.1, -0.05) is 42.3 Å². The summed E-state index contributed by atoms with van der Waals surface area (Å²) in [7, 11) is 1.64. The van der Waals surface area contributed by atoms with Gasteiger partial charge in [0, 0.05) is 13.5 Å². The van der Waals surface area contributed by atoms with Crippen molar-refractivity contribution in [2.24, 2.45) is 0 Å². The number of rotatable bonds is 8. The molecule has 0 aliphatic rings. The van der Waals surface area contributed by atoms with Crippen LogP contribution in [-0.4, -0.2) is 20.0 Å². The Morgan fingerprint density at radius 2 is 2.23 bits per heavy atom.